The van der Waals surface area contributed by atoms with Crippen LogP contribution in [0.4, 0.5) is 4.79 Å². The number of allylic oxidation sites excluding steroid dienone is 1. The van der Waals surface area contributed by atoms with Crippen LogP contribution in [-0.4, -0.2) is 28.3 Å². The third kappa shape index (κ3) is 3.12. The molecule has 1 aromatic rings. The predicted octanol–water partition coefficient (Wildman–Crippen LogP) is 2.53. The van der Waals surface area contributed by atoms with Gasteiger partial charge in [-0.1, -0.05) is 30.3 Å². The molecule has 19 heavy (non-hydrogen) atoms. The third-order valence-corrected chi connectivity index (χ3v) is 2.78. The Labute approximate surface area is 112 Å². The van der Waals surface area contributed by atoms with Gasteiger partial charge in [0.25, 0.3) is 5.91 Å². The van der Waals surface area contributed by atoms with E-state index in [1.807, 2.05) is 44.2 Å². The molecule has 0 aromatic heterocycles. The molecule has 1 saturated heterocycles. The van der Waals surface area contributed by atoms with Gasteiger partial charge in [-0.2, -0.15) is 0 Å². The highest BCUT2D eigenvalue weighted by molar-refractivity contribution is 6.02. The number of hydrogen-bond acceptors (Lipinski definition) is 2. The van der Waals surface area contributed by atoms with Crippen molar-refractivity contribution in [1.82, 2.24) is 9.80 Å². The van der Waals surface area contributed by atoms with Crippen LogP contribution in [-0.2, 0) is 11.3 Å². The minimum atomic E-state index is -0.289. The zero-order valence-electron chi connectivity index (χ0n) is 11.1. The summed E-state index contributed by atoms with van der Waals surface area (Å²) in [6, 6.07) is 9.19. The second kappa shape index (κ2) is 5.55. The molecule has 2 rings (SSSR count). The molecule has 1 fully saturated rings. The van der Waals surface area contributed by atoms with Crippen LogP contribution < -0.4 is 0 Å². The van der Waals surface area contributed by atoms with Gasteiger partial charge in [0.15, 0.2) is 0 Å². The summed E-state index contributed by atoms with van der Waals surface area (Å²) in [6.45, 7) is 4.19. The number of nitrogens with zero attached hydrogens (tertiary/aromatic N) is 2. The summed E-state index contributed by atoms with van der Waals surface area (Å²) in [5.41, 5.74) is 4.84. The van der Waals surface area contributed by atoms with Crippen LogP contribution >= 0.6 is 0 Å². The van der Waals surface area contributed by atoms with Gasteiger partial charge in [0, 0.05) is 0 Å². The van der Waals surface area contributed by atoms with Gasteiger partial charge in [-0.25, -0.2) is 4.79 Å². The number of hydrogen-bond donors (Lipinski definition) is 0. The van der Waals surface area contributed by atoms with Crippen LogP contribution in [0.15, 0.2) is 47.8 Å². The summed E-state index contributed by atoms with van der Waals surface area (Å²) in [4.78, 5) is 26.6. The van der Waals surface area contributed by atoms with E-state index in [0.29, 0.717) is 6.54 Å². The van der Waals surface area contributed by atoms with E-state index in [1.54, 1.807) is 6.20 Å². The van der Waals surface area contributed by atoms with Gasteiger partial charge in [-0.05, 0) is 25.0 Å². The van der Waals surface area contributed by atoms with E-state index < -0.39 is 0 Å². The number of urea groups is 1. The van der Waals surface area contributed by atoms with E-state index in [2.05, 4.69) is 5.73 Å². The molecule has 1 aliphatic heterocycles. The number of carbonyl (C=O) groups is 2. The van der Waals surface area contributed by atoms with Crippen molar-refractivity contribution in [2.45, 2.75) is 20.4 Å². The molecule has 0 radical (unpaired) electrons. The molecule has 4 heteroatoms. The smallest absolute Gasteiger partial charge is 0.284 e. The summed E-state index contributed by atoms with van der Waals surface area (Å²) >= 11 is 0. The Morgan fingerprint density at radius 1 is 1.26 bits per heavy atom. The molecule has 1 aliphatic rings. The Bertz CT molecular complexity index is 553. The minimum absolute atomic E-state index is 0.0892. The zero-order chi connectivity index (χ0) is 13.8. The van der Waals surface area contributed by atoms with Crippen molar-refractivity contribution in [3.8, 4) is 0 Å². The van der Waals surface area contributed by atoms with Gasteiger partial charge >= 0.3 is 6.03 Å². The van der Waals surface area contributed by atoms with Gasteiger partial charge in [0.1, 0.15) is 6.54 Å². The SMILES string of the molecule is CC(C)=C=CN1CC(=O)N(Cc2ccccc2)C1=O. The number of rotatable bonds is 3. The van der Waals surface area contributed by atoms with Crippen molar-refractivity contribution in [1.29, 1.82) is 0 Å². The molecule has 0 N–H and O–H groups in total. The van der Waals surface area contributed by atoms with Gasteiger partial charge in [-0.15, -0.1) is 5.73 Å². The topological polar surface area (TPSA) is 40.6 Å². The molecular weight excluding hydrogens is 240 g/mol. The highest BCUT2D eigenvalue weighted by Crippen LogP contribution is 2.14. The maximum absolute atomic E-state index is 12.1. The second-order valence-electron chi connectivity index (χ2n) is 4.65. The summed E-state index contributed by atoms with van der Waals surface area (Å²) in [6.07, 6.45) is 1.54. The molecule has 98 valence electrons. The average Bonchev–Trinajstić information content (AvgIpc) is 2.65. The van der Waals surface area contributed by atoms with E-state index in [4.69, 9.17) is 0 Å². The minimum Gasteiger partial charge on any atom is -0.284 e. The van der Waals surface area contributed by atoms with Gasteiger partial charge < -0.3 is 0 Å². The van der Waals surface area contributed by atoms with E-state index in [-0.39, 0.29) is 18.5 Å². The molecule has 0 unspecified atom stereocenters. The molecule has 1 aromatic carbocycles. The molecule has 0 bridgehead atoms. The monoisotopic (exact) mass is 256 g/mol. The number of carbonyl (C=O) groups excluding carboxylic acids is 2. The van der Waals surface area contributed by atoms with Crippen molar-refractivity contribution >= 4 is 11.9 Å². The summed E-state index contributed by atoms with van der Waals surface area (Å²) < 4.78 is 0. The third-order valence-electron chi connectivity index (χ3n) is 2.78. The second-order valence-corrected chi connectivity index (χ2v) is 4.65. The van der Waals surface area contributed by atoms with Crippen molar-refractivity contribution in [2.75, 3.05) is 6.54 Å². The molecule has 1 heterocycles. The molecule has 4 nitrogen and oxygen atoms in total. The Balaban J connectivity index is 2.13. The Hall–Kier alpha value is -2.32. The van der Waals surface area contributed by atoms with Crippen molar-refractivity contribution in [3.63, 3.8) is 0 Å². The highest BCUT2D eigenvalue weighted by atomic mass is 16.2. The van der Waals surface area contributed by atoms with Gasteiger partial charge in [-0.3, -0.25) is 14.6 Å². The fraction of sp³-hybridized carbons (Fsp3) is 0.267. The lowest BCUT2D eigenvalue weighted by Crippen LogP contribution is -2.30. The molecular formula is C15H16N2O2. The van der Waals surface area contributed by atoms with Gasteiger partial charge in [0.05, 0.1) is 12.7 Å². The van der Waals surface area contributed by atoms with E-state index in [1.165, 1.54) is 9.80 Å². The maximum Gasteiger partial charge on any atom is 0.332 e. The average molecular weight is 256 g/mol. The highest BCUT2D eigenvalue weighted by Gasteiger charge is 2.34. The molecule has 0 aliphatic carbocycles. The first-order valence-corrected chi connectivity index (χ1v) is 6.13. The van der Waals surface area contributed by atoms with Crippen LogP contribution in [0.1, 0.15) is 19.4 Å². The molecule has 0 atom stereocenters. The van der Waals surface area contributed by atoms with Crippen LogP contribution in [0.25, 0.3) is 0 Å². The fourth-order valence-corrected chi connectivity index (χ4v) is 1.79. The molecule has 3 amide bonds. The summed E-state index contributed by atoms with van der Waals surface area (Å²) in [7, 11) is 0. The number of benzene rings is 1. The summed E-state index contributed by atoms with van der Waals surface area (Å²) in [5, 5.41) is 0. The molecule has 0 saturated carbocycles. The summed E-state index contributed by atoms with van der Waals surface area (Å²) in [5.74, 6) is -0.180. The van der Waals surface area contributed by atoms with Crippen LogP contribution in [0, 0.1) is 0 Å². The number of amides is 3. The van der Waals surface area contributed by atoms with E-state index in [0.717, 1.165) is 11.1 Å². The predicted molar refractivity (Wildman–Crippen MR) is 72.0 cm³/mol. The van der Waals surface area contributed by atoms with Crippen LogP contribution in [0.5, 0.6) is 0 Å². The Kier molecular flexibility index (Phi) is 3.83. The van der Waals surface area contributed by atoms with E-state index >= 15 is 0 Å². The molecule has 0 spiro atoms. The first kappa shape index (κ1) is 13.1. The zero-order valence-corrected chi connectivity index (χ0v) is 11.1. The maximum atomic E-state index is 12.1. The van der Waals surface area contributed by atoms with Crippen molar-refractivity contribution in [2.24, 2.45) is 0 Å². The quantitative estimate of drug-likeness (QED) is 0.616. The number of imide groups is 1. The first-order chi connectivity index (χ1) is 9.08. The normalized spacial score (nSPS) is 14.6. The lowest BCUT2D eigenvalue weighted by molar-refractivity contribution is -0.125. The van der Waals surface area contributed by atoms with Crippen LogP contribution in [0.2, 0.25) is 0 Å². The largest absolute Gasteiger partial charge is 0.332 e. The Morgan fingerprint density at radius 2 is 1.95 bits per heavy atom. The van der Waals surface area contributed by atoms with Gasteiger partial charge in [0.2, 0.25) is 0 Å². The Morgan fingerprint density at radius 3 is 2.58 bits per heavy atom. The lowest BCUT2D eigenvalue weighted by Gasteiger charge is -2.13. The van der Waals surface area contributed by atoms with Crippen LogP contribution in [0.3, 0.4) is 0 Å². The van der Waals surface area contributed by atoms with Crippen molar-refractivity contribution in [3.05, 3.63) is 53.4 Å². The first-order valence-electron chi connectivity index (χ1n) is 6.13. The lowest BCUT2D eigenvalue weighted by atomic mass is 10.2. The van der Waals surface area contributed by atoms with Crippen molar-refractivity contribution < 1.29 is 9.59 Å². The standard InChI is InChI=1S/C15H16N2O2/c1-12(2)8-9-16-11-14(18)17(15(16)19)10-13-6-4-3-5-7-13/h3-7,9H,10-11H2,1-2H3. The fourth-order valence-electron chi connectivity index (χ4n) is 1.79. The van der Waals surface area contributed by atoms with E-state index in [9.17, 15) is 9.59 Å².